The predicted octanol–water partition coefficient (Wildman–Crippen LogP) is 3.37. The summed E-state index contributed by atoms with van der Waals surface area (Å²) in [6, 6.07) is 0.643. The molecule has 1 fully saturated rings. The van der Waals surface area contributed by atoms with Crippen molar-refractivity contribution in [3.63, 3.8) is 0 Å². The summed E-state index contributed by atoms with van der Waals surface area (Å²) in [5.41, 5.74) is 1.12. The Labute approximate surface area is 98.3 Å². The van der Waals surface area contributed by atoms with E-state index < -0.39 is 0 Å². The van der Waals surface area contributed by atoms with Gasteiger partial charge in [-0.3, -0.25) is 0 Å². The van der Waals surface area contributed by atoms with Gasteiger partial charge in [0.25, 0.3) is 0 Å². The van der Waals surface area contributed by atoms with E-state index in [1.165, 1.54) is 25.7 Å². The number of nitrogens with one attached hydrogen (secondary N) is 1. The standard InChI is InChI=1S/C13H23N3/c1-4-14-13-15-11(3)9-16(13)12-8-6-5-7-10(12)2/h9-10,12H,4-8H2,1-3H3,(H,14,15). The van der Waals surface area contributed by atoms with Crippen molar-refractivity contribution in [2.75, 3.05) is 11.9 Å². The zero-order valence-electron chi connectivity index (χ0n) is 10.7. The fourth-order valence-corrected chi connectivity index (χ4v) is 2.77. The van der Waals surface area contributed by atoms with E-state index >= 15 is 0 Å². The van der Waals surface area contributed by atoms with Crippen molar-refractivity contribution in [1.29, 1.82) is 0 Å². The number of aromatic nitrogens is 2. The molecular formula is C13H23N3. The molecule has 0 aromatic carbocycles. The lowest BCUT2D eigenvalue weighted by Crippen LogP contribution is -2.22. The van der Waals surface area contributed by atoms with Crippen LogP contribution < -0.4 is 5.32 Å². The van der Waals surface area contributed by atoms with Gasteiger partial charge in [0.2, 0.25) is 5.95 Å². The number of aryl methyl sites for hydroxylation is 1. The molecule has 1 aromatic heterocycles. The van der Waals surface area contributed by atoms with Gasteiger partial charge in [-0.25, -0.2) is 4.98 Å². The molecule has 2 unspecified atom stereocenters. The van der Waals surface area contributed by atoms with Gasteiger partial charge in [0.15, 0.2) is 0 Å². The smallest absolute Gasteiger partial charge is 0.203 e. The average Bonchev–Trinajstić information content (AvgIpc) is 2.61. The van der Waals surface area contributed by atoms with Crippen LogP contribution in [0.2, 0.25) is 0 Å². The van der Waals surface area contributed by atoms with Crippen molar-refractivity contribution in [3.8, 4) is 0 Å². The van der Waals surface area contributed by atoms with E-state index in [0.29, 0.717) is 6.04 Å². The number of hydrogen-bond acceptors (Lipinski definition) is 2. The maximum Gasteiger partial charge on any atom is 0.203 e. The summed E-state index contributed by atoms with van der Waals surface area (Å²) < 4.78 is 2.36. The van der Waals surface area contributed by atoms with Crippen molar-refractivity contribution in [2.24, 2.45) is 5.92 Å². The minimum atomic E-state index is 0.643. The SMILES string of the molecule is CCNc1nc(C)cn1C1CCCCC1C. The van der Waals surface area contributed by atoms with Gasteiger partial charge in [0, 0.05) is 18.8 Å². The van der Waals surface area contributed by atoms with Gasteiger partial charge in [-0.1, -0.05) is 19.8 Å². The molecule has 1 heterocycles. The summed E-state index contributed by atoms with van der Waals surface area (Å²) in [5, 5.41) is 3.37. The van der Waals surface area contributed by atoms with Crippen LogP contribution in [0.4, 0.5) is 5.95 Å². The Bertz CT molecular complexity index is 343. The third-order valence-electron chi connectivity index (χ3n) is 3.61. The molecule has 0 bridgehead atoms. The second-order valence-electron chi connectivity index (χ2n) is 4.97. The van der Waals surface area contributed by atoms with Crippen molar-refractivity contribution < 1.29 is 0 Å². The molecule has 2 rings (SSSR count). The molecule has 1 saturated carbocycles. The predicted molar refractivity (Wildman–Crippen MR) is 67.8 cm³/mol. The molecule has 0 saturated heterocycles. The zero-order chi connectivity index (χ0) is 11.5. The molecule has 1 aliphatic rings. The molecule has 1 N–H and O–H groups in total. The minimum absolute atomic E-state index is 0.643. The summed E-state index contributed by atoms with van der Waals surface area (Å²) in [6.07, 6.45) is 7.60. The molecule has 3 nitrogen and oxygen atoms in total. The van der Waals surface area contributed by atoms with Gasteiger partial charge in [0.1, 0.15) is 0 Å². The topological polar surface area (TPSA) is 29.9 Å². The monoisotopic (exact) mass is 221 g/mol. The highest BCUT2D eigenvalue weighted by atomic mass is 15.2. The van der Waals surface area contributed by atoms with Crippen LogP contribution in [0.25, 0.3) is 0 Å². The molecule has 3 heteroatoms. The number of nitrogens with zero attached hydrogens (tertiary/aromatic N) is 2. The maximum absolute atomic E-state index is 4.56. The van der Waals surface area contributed by atoms with Gasteiger partial charge in [-0.05, 0) is 32.6 Å². The normalized spacial score (nSPS) is 25.7. The Morgan fingerprint density at radius 3 is 2.88 bits per heavy atom. The molecular weight excluding hydrogens is 198 g/mol. The van der Waals surface area contributed by atoms with Crippen LogP contribution in [0.1, 0.15) is 51.3 Å². The van der Waals surface area contributed by atoms with Gasteiger partial charge >= 0.3 is 0 Å². The number of imidazole rings is 1. The fourth-order valence-electron chi connectivity index (χ4n) is 2.77. The van der Waals surface area contributed by atoms with E-state index in [4.69, 9.17) is 0 Å². The molecule has 2 atom stereocenters. The molecule has 0 radical (unpaired) electrons. The summed E-state index contributed by atoms with van der Waals surface area (Å²) in [4.78, 5) is 4.56. The molecule has 1 aliphatic carbocycles. The lowest BCUT2D eigenvalue weighted by molar-refractivity contribution is 0.259. The summed E-state index contributed by atoms with van der Waals surface area (Å²) in [7, 11) is 0. The first-order chi connectivity index (χ1) is 7.72. The number of anilines is 1. The second-order valence-corrected chi connectivity index (χ2v) is 4.97. The Balaban J connectivity index is 2.23. The first kappa shape index (κ1) is 11.5. The van der Waals surface area contributed by atoms with E-state index in [9.17, 15) is 0 Å². The fraction of sp³-hybridized carbons (Fsp3) is 0.769. The summed E-state index contributed by atoms with van der Waals surface area (Å²) in [6.45, 7) is 7.51. The third-order valence-corrected chi connectivity index (χ3v) is 3.61. The van der Waals surface area contributed by atoms with Crippen LogP contribution in [0.5, 0.6) is 0 Å². The average molecular weight is 221 g/mol. The quantitative estimate of drug-likeness (QED) is 0.848. The van der Waals surface area contributed by atoms with E-state index in [1.807, 2.05) is 0 Å². The van der Waals surface area contributed by atoms with Crippen LogP contribution in [0.15, 0.2) is 6.20 Å². The van der Waals surface area contributed by atoms with E-state index in [0.717, 1.165) is 24.1 Å². The Morgan fingerprint density at radius 1 is 1.44 bits per heavy atom. The largest absolute Gasteiger partial charge is 0.356 e. The van der Waals surface area contributed by atoms with Gasteiger partial charge in [-0.15, -0.1) is 0 Å². The molecule has 0 spiro atoms. The molecule has 0 amide bonds. The highest BCUT2D eigenvalue weighted by molar-refractivity contribution is 5.29. The Hall–Kier alpha value is -0.990. The van der Waals surface area contributed by atoms with Crippen LogP contribution in [0, 0.1) is 12.8 Å². The first-order valence-corrected chi connectivity index (χ1v) is 6.51. The van der Waals surface area contributed by atoms with Crippen LogP contribution in [-0.4, -0.2) is 16.1 Å². The third kappa shape index (κ3) is 2.23. The Morgan fingerprint density at radius 2 is 2.19 bits per heavy atom. The van der Waals surface area contributed by atoms with Crippen LogP contribution in [-0.2, 0) is 0 Å². The molecule has 0 aliphatic heterocycles. The van der Waals surface area contributed by atoms with Gasteiger partial charge in [0.05, 0.1) is 5.69 Å². The van der Waals surface area contributed by atoms with Crippen LogP contribution in [0.3, 0.4) is 0 Å². The van der Waals surface area contributed by atoms with E-state index in [1.54, 1.807) is 0 Å². The van der Waals surface area contributed by atoms with Gasteiger partial charge in [-0.2, -0.15) is 0 Å². The van der Waals surface area contributed by atoms with Crippen molar-refractivity contribution >= 4 is 5.95 Å². The van der Waals surface area contributed by atoms with Crippen molar-refractivity contribution in [3.05, 3.63) is 11.9 Å². The van der Waals surface area contributed by atoms with Crippen molar-refractivity contribution in [2.45, 2.75) is 52.5 Å². The molecule has 90 valence electrons. The molecule has 1 aromatic rings. The van der Waals surface area contributed by atoms with Gasteiger partial charge < -0.3 is 9.88 Å². The van der Waals surface area contributed by atoms with Crippen LogP contribution >= 0.6 is 0 Å². The second kappa shape index (κ2) is 4.89. The lowest BCUT2D eigenvalue weighted by Gasteiger charge is -2.30. The zero-order valence-corrected chi connectivity index (χ0v) is 10.7. The molecule has 16 heavy (non-hydrogen) atoms. The number of hydrogen-bond donors (Lipinski definition) is 1. The minimum Gasteiger partial charge on any atom is -0.356 e. The van der Waals surface area contributed by atoms with E-state index in [-0.39, 0.29) is 0 Å². The van der Waals surface area contributed by atoms with Crippen molar-refractivity contribution in [1.82, 2.24) is 9.55 Å². The highest BCUT2D eigenvalue weighted by Gasteiger charge is 2.24. The Kier molecular flexibility index (Phi) is 3.52. The summed E-state index contributed by atoms with van der Waals surface area (Å²) >= 11 is 0. The maximum atomic E-state index is 4.56. The lowest BCUT2D eigenvalue weighted by atomic mass is 9.86. The number of rotatable bonds is 3. The highest BCUT2D eigenvalue weighted by Crippen LogP contribution is 2.35. The van der Waals surface area contributed by atoms with E-state index in [2.05, 4.69) is 41.8 Å². The summed E-state index contributed by atoms with van der Waals surface area (Å²) in [5.74, 6) is 1.83. The first-order valence-electron chi connectivity index (χ1n) is 6.51.